The molecule has 1 aliphatic rings. The predicted octanol–water partition coefficient (Wildman–Crippen LogP) is 3.70. The molecule has 1 unspecified atom stereocenters. The summed E-state index contributed by atoms with van der Waals surface area (Å²) in [4.78, 5) is 18.9. The average Bonchev–Trinajstić information content (AvgIpc) is 2.76. The van der Waals surface area contributed by atoms with Gasteiger partial charge in [0.25, 0.3) is 0 Å². The summed E-state index contributed by atoms with van der Waals surface area (Å²) in [5.41, 5.74) is 3.76. The van der Waals surface area contributed by atoms with Crippen molar-refractivity contribution in [3.05, 3.63) is 66.5 Å². The minimum absolute atomic E-state index is 0.0602. The zero-order valence-corrected chi connectivity index (χ0v) is 15.9. The molecule has 4 rings (SSSR count). The second-order valence-corrected chi connectivity index (χ2v) is 7.10. The van der Waals surface area contributed by atoms with Gasteiger partial charge in [0.05, 0.1) is 11.6 Å². The Balaban J connectivity index is 1.43. The molecule has 0 saturated carbocycles. The summed E-state index contributed by atoms with van der Waals surface area (Å²) in [5.74, 6) is 0.821. The number of piperidine rings is 1. The number of aryl methyl sites for hydroxylation is 1. The standard InChI is InChI=1S/C22H23N5O/c1-16-5-2-3-7-19(16)24-22(28)18-6-4-14-27(15-18)21-9-8-20(25-26-21)17-10-12-23-13-11-17/h2-3,5,7-13,18H,4,6,14-15H2,1H3,(H,24,28). The molecular weight excluding hydrogens is 350 g/mol. The van der Waals surface area contributed by atoms with E-state index in [0.717, 1.165) is 47.7 Å². The van der Waals surface area contributed by atoms with Crippen molar-refractivity contribution >= 4 is 17.4 Å². The van der Waals surface area contributed by atoms with Crippen LogP contribution in [0.4, 0.5) is 11.5 Å². The molecule has 142 valence electrons. The van der Waals surface area contributed by atoms with Gasteiger partial charge in [0.1, 0.15) is 0 Å². The first kappa shape index (κ1) is 18.1. The lowest BCUT2D eigenvalue weighted by atomic mass is 9.97. The number of benzene rings is 1. The summed E-state index contributed by atoms with van der Waals surface area (Å²) < 4.78 is 0. The highest BCUT2D eigenvalue weighted by molar-refractivity contribution is 5.93. The predicted molar refractivity (Wildman–Crippen MR) is 110 cm³/mol. The summed E-state index contributed by atoms with van der Waals surface area (Å²) in [6.07, 6.45) is 5.33. The number of para-hydroxylation sites is 1. The van der Waals surface area contributed by atoms with Gasteiger partial charge in [0, 0.05) is 36.7 Å². The van der Waals surface area contributed by atoms with Crippen LogP contribution in [0.5, 0.6) is 0 Å². The Morgan fingerprint density at radius 1 is 1.07 bits per heavy atom. The van der Waals surface area contributed by atoms with Gasteiger partial charge in [-0.3, -0.25) is 9.78 Å². The molecule has 3 heterocycles. The molecular formula is C22H23N5O. The smallest absolute Gasteiger partial charge is 0.229 e. The van der Waals surface area contributed by atoms with Crippen LogP contribution in [0.2, 0.25) is 0 Å². The third-order valence-electron chi connectivity index (χ3n) is 5.15. The fourth-order valence-electron chi connectivity index (χ4n) is 3.52. The van der Waals surface area contributed by atoms with Crippen molar-refractivity contribution in [3.8, 4) is 11.3 Å². The molecule has 0 spiro atoms. The topological polar surface area (TPSA) is 71.0 Å². The minimum atomic E-state index is -0.0602. The van der Waals surface area contributed by atoms with Crippen LogP contribution in [0.15, 0.2) is 60.9 Å². The first-order valence-electron chi connectivity index (χ1n) is 9.56. The van der Waals surface area contributed by atoms with Crippen molar-refractivity contribution in [2.45, 2.75) is 19.8 Å². The van der Waals surface area contributed by atoms with Crippen LogP contribution < -0.4 is 10.2 Å². The molecule has 0 aliphatic carbocycles. The number of carbonyl (C=O) groups is 1. The number of anilines is 2. The van der Waals surface area contributed by atoms with Crippen molar-refractivity contribution in [1.29, 1.82) is 0 Å². The number of aromatic nitrogens is 3. The normalized spacial score (nSPS) is 16.6. The van der Waals surface area contributed by atoms with Crippen LogP contribution in [0, 0.1) is 12.8 Å². The summed E-state index contributed by atoms with van der Waals surface area (Å²) in [7, 11) is 0. The summed E-state index contributed by atoms with van der Waals surface area (Å²) in [6, 6.07) is 15.6. The highest BCUT2D eigenvalue weighted by atomic mass is 16.1. The van der Waals surface area contributed by atoms with Crippen LogP contribution in [0.1, 0.15) is 18.4 Å². The van der Waals surface area contributed by atoms with E-state index in [1.54, 1.807) is 12.4 Å². The van der Waals surface area contributed by atoms with Gasteiger partial charge in [-0.05, 0) is 55.7 Å². The second kappa shape index (κ2) is 8.17. The van der Waals surface area contributed by atoms with Gasteiger partial charge in [-0.15, -0.1) is 10.2 Å². The van der Waals surface area contributed by atoms with Crippen LogP contribution >= 0.6 is 0 Å². The number of pyridine rings is 1. The molecule has 1 atom stereocenters. The fraction of sp³-hybridized carbons (Fsp3) is 0.273. The molecule has 1 saturated heterocycles. The first-order valence-corrected chi connectivity index (χ1v) is 9.56. The van der Waals surface area contributed by atoms with Crippen molar-refractivity contribution < 1.29 is 4.79 Å². The number of hydrogen-bond acceptors (Lipinski definition) is 5. The number of hydrogen-bond donors (Lipinski definition) is 1. The largest absolute Gasteiger partial charge is 0.354 e. The van der Waals surface area contributed by atoms with E-state index in [1.165, 1.54) is 0 Å². The number of amides is 1. The third kappa shape index (κ3) is 4.01. The number of nitrogens with zero attached hydrogens (tertiary/aromatic N) is 4. The molecule has 28 heavy (non-hydrogen) atoms. The molecule has 3 aromatic rings. The van der Waals surface area contributed by atoms with E-state index in [4.69, 9.17) is 0 Å². The maximum Gasteiger partial charge on any atom is 0.229 e. The third-order valence-corrected chi connectivity index (χ3v) is 5.15. The lowest BCUT2D eigenvalue weighted by Crippen LogP contribution is -2.41. The summed E-state index contributed by atoms with van der Waals surface area (Å²) in [5, 5.41) is 11.8. The van der Waals surface area contributed by atoms with E-state index >= 15 is 0 Å². The zero-order chi connectivity index (χ0) is 19.3. The van der Waals surface area contributed by atoms with E-state index in [1.807, 2.05) is 55.5 Å². The van der Waals surface area contributed by atoms with Crippen molar-refractivity contribution in [2.24, 2.45) is 5.92 Å². The Kier molecular flexibility index (Phi) is 5.28. The minimum Gasteiger partial charge on any atom is -0.354 e. The van der Waals surface area contributed by atoms with Crippen molar-refractivity contribution in [3.63, 3.8) is 0 Å². The molecule has 2 aromatic heterocycles. The Bertz CT molecular complexity index is 943. The van der Waals surface area contributed by atoms with Crippen LogP contribution in [0.3, 0.4) is 0 Å². The number of nitrogens with one attached hydrogen (secondary N) is 1. The second-order valence-electron chi connectivity index (χ2n) is 7.10. The Labute approximate surface area is 164 Å². The number of rotatable bonds is 4. The SMILES string of the molecule is Cc1ccccc1NC(=O)C1CCCN(c2ccc(-c3ccncc3)nn2)C1. The molecule has 6 heteroatoms. The monoisotopic (exact) mass is 373 g/mol. The molecule has 0 bridgehead atoms. The number of carbonyl (C=O) groups excluding carboxylic acids is 1. The lowest BCUT2D eigenvalue weighted by Gasteiger charge is -2.32. The lowest BCUT2D eigenvalue weighted by molar-refractivity contribution is -0.120. The molecule has 1 fully saturated rings. The zero-order valence-electron chi connectivity index (χ0n) is 15.9. The molecule has 1 aliphatic heterocycles. The molecule has 1 amide bonds. The van der Waals surface area contributed by atoms with Gasteiger partial charge >= 0.3 is 0 Å². The van der Waals surface area contributed by atoms with E-state index < -0.39 is 0 Å². The Morgan fingerprint density at radius 3 is 2.64 bits per heavy atom. The summed E-state index contributed by atoms with van der Waals surface area (Å²) in [6.45, 7) is 3.54. The van der Waals surface area contributed by atoms with E-state index in [-0.39, 0.29) is 11.8 Å². The van der Waals surface area contributed by atoms with E-state index in [2.05, 4.69) is 25.4 Å². The average molecular weight is 373 g/mol. The van der Waals surface area contributed by atoms with Crippen LogP contribution in [0.25, 0.3) is 11.3 Å². The molecule has 1 aromatic carbocycles. The van der Waals surface area contributed by atoms with Crippen LogP contribution in [-0.2, 0) is 4.79 Å². The fourth-order valence-corrected chi connectivity index (χ4v) is 3.52. The highest BCUT2D eigenvalue weighted by Crippen LogP contribution is 2.24. The first-order chi connectivity index (χ1) is 13.7. The van der Waals surface area contributed by atoms with Gasteiger partial charge in [-0.1, -0.05) is 18.2 Å². The quantitative estimate of drug-likeness (QED) is 0.755. The molecule has 1 N–H and O–H groups in total. The van der Waals surface area contributed by atoms with E-state index in [0.29, 0.717) is 6.54 Å². The summed E-state index contributed by atoms with van der Waals surface area (Å²) >= 11 is 0. The van der Waals surface area contributed by atoms with E-state index in [9.17, 15) is 4.79 Å². The van der Waals surface area contributed by atoms with Crippen molar-refractivity contribution in [1.82, 2.24) is 15.2 Å². The maximum absolute atomic E-state index is 12.8. The van der Waals surface area contributed by atoms with Gasteiger partial charge in [0.15, 0.2) is 5.82 Å². The van der Waals surface area contributed by atoms with Gasteiger partial charge in [-0.25, -0.2) is 0 Å². The van der Waals surface area contributed by atoms with Gasteiger partial charge in [0.2, 0.25) is 5.91 Å². The van der Waals surface area contributed by atoms with Crippen molar-refractivity contribution in [2.75, 3.05) is 23.3 Å². The molecule has 0 radical (unpaired) electrons. The van der Waals surface area contributed by atoms with Gasteiger partial charge in [-0.2, -0.15) is 0 Å². The highest BCUT2D eigenvalue weighted by Gasteiger charge is 2.27. The molecule has 6 nitrogen and oxygen atoms in total. The van der Waals surface area contributed by atoms with Gasteiger partial charge < -0.3 is 10.2 Å². The van der Waals surface area contributed by atoms with Crippen LogP contribution in [-0.4, -0.2) is 34.2 Å². The Morgan fingerprint density at radius 2 is 1.89 bits per heavy atom. The Hall–Kier alpha value is -3.28. The maximum atomic E-state index is 12.8.